The van der Waals surface area contributed by atoms with Crippen LogP contribution in [0.5, 0.6) is 0 Å². The van der Waals surface area contributed by atoms with Gasteiger partial charge < -0.3 is 37.9 Å². The van der Waals surface area contributed by atoms with Gasteiger partial charge in [-0.2, -0.15) is 67.0 Å². The van der Waals surface area contributed by atoms with E-state index < -0.39 is 61.0 Å². The minimum atomic E-state index is -0.766. The van der Waals surface area contributed by atoms with Gasteiger partial charge in [-0.25, -0.2) is 57.5 Å². The maximum Gasteiger partial charge on any atom is 0.412 e. The second-order valence-corrected chi connectivity index (χ2v) is 33.2. The Morgan fingerprint density at radius 3 is 0.883 bits per heavy atom. The summed E-state index contributed by atoms with van der Waals surface area (Å²) >= 11 is 7.56. The number of fused-ring (bicyclic) bond motifs is 2. The van der Waals surface area contributed by atoms with Crippen molar-refractivity contribution in [2.24, 2.45) is 31.8 Å². The molecule has 120 heavy (non-hydrogen) atoms. The normalized spacial score (nSPS) is 18.1. The predicted octanol–water partition coefficient (Wildman–Crippen LogP) is 20.4. The van der Waals surface area contributed by atoms with Crippen LogP contribution in [0.15, 0.2) is 129 Å². The molecule has 32 nitrogen and oxygen atoms in total. The van der Waals surface area contributed by atoms with Gasteiger partial charge in [0, 0.05) is 88.5 Å². The summed E-state index contributed by atoms with van der Waals surface area (Å²) in [5, 5.41) is 24.9. The summed E-state index contributed by atoms with van der Waals surface area (Å²) in [7, 11) is 0. The number of amides is 8. The molecule has 6 aromatic carbocycles. The van der Waals surface area contributed by atoms with Crippen molar-refractivity contribution in [2.75, 3.05) is 93.7 Å². The molecule has 10 unspecified atom stereocenters. The summed E-state index contributed by atoms with van der Waals surface area (Å²) in [5.74, 6) is 2.93. The van der Waals surface area contributed by atoms with Crippen molar-refractivity contribution < 1.29 is 95.4 Å². The molecule has 36 heteroatoms. The van der Waals surface area contributed by atoms with E-state index in [9.17, 15) is 57.5 Å². The number of carbonyl (C=O) groups is 8. The molecule has 12 rings (SSSR count). The Kier molecular flexibility index (Phi) is 41.0. The van der Waals surface area contributed by atoms with Crippen molar-refractivity contribution in [2.45, 2.75) is 167 Å². The number of ether oxygens (including phenoxy) is 8. The molecule has 8 N–H and O–H groups in total. The quantitative estimate of drug-likeness (QED) is 0.0108. The summed E-state index contributed by atoms with van der Waals surface area (Å²) in [6.07, 6.45) is 6.26. The summed E-state index contributed by atoms with van der Waals surface area (Å²) in [6.45, 7) is 15.2. The van der Waals surface area contributed by atoms with Gasteiger partial charge in [0.15, 0.2) is 0 Å². The van der Waals surface area contributed by atoms with Gasteiger partial charge in [0.05, 0.1) is 36.0 Å². The van der Waals surface area contributed by atoms with Crippen LogP contribution in [-0.4, -0.2) is 168 Å². The summed E-state index contributed by atoms with van der Waals surface area (Å²) in [4.78, 5) is 152. The lowest BCUT2D eigenvalue weighted by molar-refractivity contribution is 0.0650. The van der Waals surface area contributed by atoms with Crippen molar-refractivity contribution in [3.05, 3.63) is 143 Å². The molecule has 6 aromatic rings. The predicted molar refractivity (Wildman–Crippen MR) is 472 cm³/mol. The Balaban J connectivity index is 0.000000294. The SMILES string of the molecule is C.C.C.C.Cc1ccc(NC(=O)OC(C)COC(=O)Nc2cc(NC(=O)OCC3CCC4SC4C3)ccc2C)cc1N=C=O.Cc1ccc(NC(=O)OC(C)COC(=O)Nc2cc(NC(=O)OCC3CS3)ccc2C)cc1N=C=O.Cc1ccc(NC(=O)OCC2CCC3SC3C2)cc1N=C=O.Cc1ccc(NC(=O)OCC2CS2)cc1N=C=O. The molecule has 0 spiro atoms. The Hall–Kier alpha value is -11.6. The van der Waals surface area contributed by atoms with E-state index in [-0.39, 0.29) is 42.9 Å². The Morgan fingerprint density at radius 2 is 0.608 bits per heavy atom. The zero-order valence-electron chi connectivity index (χ0n) is 64.7. The number of aryl methyl sites for hydroxylation is 6. The van der Waals surface area contributed by atoms with E-state index in [0.717, 1.165) is 91.6 Å². The first-order chi connectivity index (χ1) is 55.8. The fourth-order valence-electron chi connectivity index (χ4n) is 11.4. The smallest absolute Gasteiger partial charge is 0.412 e. The monoisotopic (exact) mass is 1730 g/mol. The number of anilines is 8. The highest BCUT2D eigenvalue weighted by Crippen LogP contribution is 2.53. The lowest BCUT2D eigenvalue weighted by Crippen LogP contribution is -2.26. The van der Waals surface area contributed by atoms with Crippen LogP contribution in [0.2, 0.25) is 0 Å². The highest BCUT2D eigenvalue weighted by molar-refractivity contribution is 8.08. The van der Waals surface area contributed by atoms with Gasteiger partial charge >= 0.3 is 48.7 Å². The average molecular weight is 1730 g/mol. The van der Waals surface area contributed by atoms with Crippen molar-refractivity contribution >= 4 is 188 Å². The number of carbonyl (C=O) groups excluding carboxylic acids is 12. The van der Waals surface area contributed by atoms with Crippen LogP contribution in [0.25, 0.3) is 0 Å². The maximum absolute atomic E-state index is 12.4. The topological polar surface area (TPSA) is 424 Å². The average Bonchev–Trinajstić information content (AvgIpc) is 1.67. The number of isocyanates is 4. The van der Waals surface area contributed by atoms with E-state index >= 15 is 0 Å². The maximum atomic E-state index is 12.4. The molecule has 10 atom stereocenters. The number of nitrogens with one attached hydrogen (secondary N) is 8. The van der Waals surface area contributed by atoms with Crippen LogP contribution >= 0.6 is 47.0 Å². The zero-order chi connectivity index (χ0) is 83.2. The molecule has 6 aliphatic rings. The fraction of sp³-hybridized carbons (Fsp3) is 0.429. The van der Waals surface area contributed by atoms with Gasteiger partial charge in [0.1, 0.15) is 38.6 Å². The molecule has 8 amide bonds. The highest BCUT2D eigenvalue weighted by Gasteiger charge is 2.44. The molecule has 2 aliphatic carbocycles. The number of hydrogen-bond acceptors (Lipinski definition) is 28. The van der Waals surface area contributed by atoms with Crippen molar-refractivity contribution in [1.29, 1.82) is 0 Å². The zero-order valence-corrected chi connectivity index (χ0v) is 67.9. The second kappa shape index (κ2) is 49.7. The van der Waals surface area contributed by atoms with Gasteiger partial charge in [-0.05, 0) is 212 Å². The lowest BCUT2D eigenvalue weighted by Gasteiger charge is -2.20. The van der Waals surface area contributed by atoms with Gasteiger partial charge in [-0.3, -0.25) is 42.5 Å². The van der Waals surface area contributed by atoms with Crippen molar-refractivity contribution in [1.82, 2.24) is 0 Å². The minimum absolute atomic E-state index is 0. The molecule has 0 aromatic heterocycles. The van der Waals surface area contributed by atoms with E-state index in [4.69, 9.17) is 37.9 Å². The summed E-state index contributed by atoms with van der Waals surface area (Å²) in [6, 6.07) is 30.0. The minimum Gasteiger partial charge on any atom is -0.449 e. The van der Waals surface area contributed by atoms with Gasteiger partial charge in [0.2, 0.25) is 24.3 Å². The van der Waals surface area contributed by atoms with Crippen molar-refractivity contribution in [3.63, 3.8) is 0 Å². The molecule has 0 radical (unpaired) electrons. The van der Waals surface area contributed by atoms with Crippen LogP contribution in [0, 0.1) is 53.4 Å². The molecule has 4 heterocycles. The van der Waals surface area contributed by atoms with Gasteiger partial charge in [-0.1, -0.05) is 66.1 Å². The van der Waals surface area contributed by atoms with Crippen LogP contribution in [0.4, 0.5) is 107 Å². The summed E-state index contributed by atoms with van der Waals surface area (Å²) < 4.78 is 41.6. The number of thioether (sulfide) groups is 4. The van der Waals surface area contributed by atoms with Crippen LogP contribution in [-0.2, 0) is 57.1 Å². The first-order valence-corrected chi connectivity index (χ1v) is 40.8. The number of hydrogen-bond donors (Lipinski definition) is 8. The summed E-state index contributed by atoms with van der Waals surface area (Å²) in [5.41, 5.74) is 10.1. The van der Waals surface area contributed by atoms with E-state index in [2.05, 4.69) is 62.5 Å². The molecule has 2 saturated carbocycles. The van der Waals surface area contributed by atoms with E-state index in [1.54, 1.807) is 162 Å². The number of nitrogens with zero attached hydrogens (tertiary/aromatic N) is 4. The second-order valence-electron chi connectivity index (χ2n) is 27.6. The third-order valence-corrected chi connectivity index (χ3v) is 23.0. The largest absolute Gasteiger partial charge is 0.449 e. The molecule has 644 valence electrons. The third kappa shape index (κ3) is 34.8. The molecule has 6 fully saturated rings. The van der Waals surface area contributed by atoms with Gasteiger partial charge in [0.25, 0.3) is 0 Å². The van der Waals surface area contributed by atoms with E-state index in [1.807, 2.05) is 37.4 Å². The van der Waals surface area contributed by atoms with E-state index in [0.29, 0.717) is 117 Å². The number of aliphatic imine (C=N–C) groups is 4. The standard InChI is InChI=1S/C28H32N4O7S.C24H26N4O7S.C16H18N2O3S.C12H12N2O3S.4CH4/c1-16-4-7-20(11-22(16)29-15-33)31-28(36)39-18(3)13-37-27(35)32-23-12-21(8-5-17(23)2)30-26(34)38-14-19-6-9-24-25(10-19)40-24;1-14-4-6-17(8-20(14)25-13-29)27-24(32)35-16(3)10-33-23(31)28-21-9-18(7-5-15(21)2)26-22(30)34-11-19-12-36-19;1-10-2-4-12(7-13(10)17-9-19)18-16(20)21-8-11-3-5-14-15(6-11)22-14;1-8-2-3-9(4-11(8)13-7-15)14-12(16)17-5-10-6-18-10;;;;/h4-5,7-8,11-12,18-19,24-25H,6,9-10,13-14H2,1-3H3,(H,30,34)(H,31,36)(H,32,35);4-9,16,19H,10-12H2,1-3H3,(H,26,30)(H,27,32)(H,28,31);2,4,7,11,14-15H,3,5-6,8H2,1H3,(H,18,20);2-4,10H,5-6H2,1H3,(H,14,16);4*1H4. The molecule has 0 bridgehead atoms. The molecule has 4 aliphatic heterocycles. The Bertz CT molecular complexity index is 4760. The first-order valence-electron chi connectivity index (χ1n) is 36.8. The van der Waals surface area contributed by atoms with Crippen LogP contribution in [0.1, 0.15) is 115 Å². The Morgan fingerprint density at radius 1 is 0.350 bits per heavy atom. The fourth-order valence-corrected chi connectivity index (χ4v) is 14.8. The van der Waals surface area contributed by atoms with Crippen LogP contribution in [0.3, 0.4) is 0 Å². The van der Waals surface area contributed by atoms with Gasteiger partial charge in [-0.15, -0.1) is 0 Å². The van der Waals surface area contributed by atoms with Crippen molar-refractivity contribution in [3.8, 4) is 0 Å². The number of rotatable bonds is 26. The number of benzene rings is 6. The van der Waals surface area contributed by atoms with E-state index in [1.165, 1.54) is 49.3 Å². The van der Waals surface area contributed by atoms with Crippen LogP contribution < -0.4 is 42.5 Å². The molecule has 4 saturated heterocycles. The molecular formula is C84H104N12O20S4. The first kappa shape index (κ1) is 99.0. The Labute approximate surface area is 715 Å². The lowest BCUT2D eigenvalue weighted by atomic mass is 9.90. The highest BCUT2D eigenvalue weighted by atomic mass is 32.2. The third-order valence-electron chi connectivity index (χ3n) is 18.2. The molecular weight excluding hydrogens is 1630 g/mol.